The van der Waals surface area contributed by atoms with Gasteiger partial charge in [-0.1, -0.05) is 31.9 Å². The van der Waals surface area contributed by atoms with Crippen molar-refractivity contribution in [2.24, 2.45) is 5.92 Å². The van der Waals surface area contributed by atoms with Crippen molar-refractivity contribution in [2.75, 3.05) is 6.61 Å². The van der Waals surface area contributed by atoms with Gasteiger partial charge in [-0.25, -0.2) is 0 Å². The molecule has 1 heterocycles. The van der Waals surface area contributed by atoms with Crippen LogP contribution in [0.4, 0.5) is 0 Å². The fourth-order valence-electron chi connectivity index (χ4n) is 0.410. The molecule has 1 aromatic rings. The molecule has 1 aliphatic rings. The Morgan fingerprint density at radius 1 is 1.39 bits per heavy atom. The second-order valence-electron chi connectivity index (χ2n) is 3.58. The molecule has 0 saturated heterocycles. The maximum absolute atomic E-state index is 9.18. The molecule has 0 N–H and O–H groups in total. The molecule has 0 atom stereocenters. The largest absolute Gasteiger partial charge is 0.468 e. The average molecular weight is 271 g/mol. The molecule has 104 valence electrons. The number of carbonyl (C=O) groups excluding carboxylic acids is 1. The summed E-state index contributed by atoms with van der Waals surface area (Å²) < 4.78 is 4.15. The minimum Gasteiger partial charge on any atom is -0.468 e. The normalized spacial score (nSPS) is 12.0. The number of carbonyl (C=O) groups is 1. The SMILES string of the molecule is CC1CC1.CC=CC.CCOC=O.c1cscn1. The molecule has 4 heteroatoms. The van der Waals surface area contributed by atoms with E-state index in [4.69, 9.17) is 0 Å². The number of hydrogen-bond donors (Lipinski definition) is 0. The van der Waals surface area contributed by atoms with E-state index in [0.29, 0.717) is 13.1 Å². The van der Waals surface area contributed by atoms with Crippen molar-refractivity contribution >= 4 is 17.8 Å². The standard InChI is InChI=1S/2C4H8.C3H3NS.C3H6O2/c1-4-2-3-4;1-3-4-2;1-2-5-3-4-1;1-2-5-3-4/h4H,2-3H2,1H3;3-4H,1-2H3;1-3H;3H,2H2,1H3. The Bertz CT molecular complexity index is 236. The number of nitrogens with zero attached hydrogens (tertiary/aromatic N) is 1. The van der Waals surface area contributed by atoms with Crippen LogP contribution < -0.4 is 0 Å². The molecule has 0 spiro atoms. The molecule has 2 rings (SSSR count). The van der Waals surface area contributed by atoms with Gasteiger partial charge in [0, 0.05) is 11.6 Å². The number of aromatic nitrogens is 1. The van der Waals surface area contributed by atoms with Gasteiger partial charge >= 0.3 is 0 Å². The van der Waals surface area contributed by atoms with E-state index in [1.807, 2.05) is 31.4 Å². The van der Waals surface area contributed by atoms with Gasteiger partial charge in [-0.15, -0.1) is 11.3 Å². The topological polar surface area (TPSA) is 39.2 Å². The first kappa shape index (κ1) is 19.2. The maximum atomic E-state index is 9.18. The second-order valence-corrected chi connectivity index (χ2v) is 4.33. The lowest BCUT2D eigenvalue weighted by atomic mass is 10.5. The maximum Gasteiger partial charge on any atom is 0.293 e. The van der Waals surface area contributed by atoms with Crippen LogP contribution in [-0.4, -0.2) is 18.1 Å². The number of ether oxygens (including phenoxy) is 1. The molecule has 1 saturated carbocycles. The number of thiazole rings is 1. The summed E-state index contributed by atoms with van der Waals surface area (Å²) in [5.41, 5.74) is 1.79. The first-order chi connectivity index (χ1) is 8.72. The molecule has 18 heavy (non-hydrogen) atoms. The minimum atomic E-state index is 0.431. The number of hydrogen-bond acceptors (Lipinski definition) is 4. The number of rotatable bonds is 2. The fourth-order valence-corrected chi connectivity index (χ4v) is 0.762. The van der Waals surface area contributed by atoms with Gasteiger partial charge in [-0.3, -0.25) is 9.78 Å². The molecule has 0 amide bonds. The van der Waals surface area contributed by atoms with Gasteiger partial charge in [0.2, 0.25) is 0 Å². The summed E-state index contributed by atoms with van der Waals surface area (Å²) in [7, 11) is 0. The Morgan fingerprint density at radius 2 is 1.94 bits per heavy atom. The van der Waals surface area contributed by atoms with Crippen LogP contribution in [0.25, 0.3) is 0 Å². The molecule has 0 radical (unpaired) electrons. The Morgan fingerprint density at radius 3 is 2.00 bits per heavy atom. The molecule has 3 nitrogen and oxygen atoms in total. The van der Waals surface area contributed by atoms with Crippen LogP contribution in [0.2, 0.25) is 0 Å². The minimum absolute atomic E-state index is 0.431. The van der Waals surface area contributed by atoms with Crippen LogP contribution in [0.15, 0.2) is 29.2 Å². The summed E-state index contributed by atoms with van der Waals surface area (Å²) in [4.78, 5) is 12.9. The molecular formula is C14H25NO2S. The lowest BCUT2D eigenvalue weighted by molar-refractivity contribution is -0.128. The second kappa shape index (κ2) is 18.2. The van der Waals surface area contributed by atoms with Crippen LogP contribution in [0.5, 0.6) is 0 Å². The summed E-state index contributed by atoms with van der Waals surface area (Å²) in [5.74, 6) is 1.08. The Labute approximate surface area is 115 Å². The third-order valence-electron chi connectivity index (χ3n) is 1.78. The molecular weight excluding hydrogens is 246 g/mol. The average Bonchev–Trinajstić information content (AvgIpc) is 2.97. The van der Waals surface area contributed by atoms with Crippen molar-refractivity contribution in [3.63, 3.8) is 0 Å². The highest BCUT2D eigenvalue weighted by Crippen LogP contribution is 2.26. The predicted molar refractivity (Wildman–Crippen MR) is 78.7 cm³/mol. The lowest BCUT2D eigenvalue weighted by Gasteiger charge is -1.79. The highest BCUT2D eigenvalue weighted by atomic mass is 32.1. The van der Waals surface area contributed by atoms with Crippen LogP contribution in [-0.2, 0) is 9.53 Å². The van der Waals surface area contributed by atoms with Gasteiger partial charge in [-0.05, 0) is 26.7 Å². The van der Waals surface area contributed by atoms with Gasteiger partial charge in [-0.2, -0.15) is 0 Å². The fraction of sp³-hybridized carbons (Fsp3) is 0.571. The lowest BCUT2D eigenvalue weighted by Crippen LogP contribution is -1.80. The van der Waals surface area contributed by atoms with Crippen LogP contribution in [0.1, 0.15) is 40.5 Å². The zero-order valence-electron chi connectivity index (χ0n) is 11.8. The molecule has 1 aliphatic carbocycles. The van der Waals surface area contributed by atoms with E-state index in [0.717, 1.165) is 5.92 Å². The zero-order chi connectivity index (χ0) is 14.1. The van der Waals surface area contributed by atoms with Crippen molar-refractivity contribution in [2.45, 2.75) is 40.5 Å². The summed E-state index contributed by atoms with van der Waals surface area (Å²) in [6.07, 6.45) is 8.74. The summed E-state index contributed by atoms with van der Waals surface area (Å²) in [5, 5.41) is 1.93. The summed E-state index contributed by atoms with van der Waals surface area (Å²) >= 11 is 1.60. The van der Waals surface area contributed by atoms with Gasteiger partial charge < -0.3 is 4.74 Å². The quantitative estimate of drug-likeness (QED) is 0.594. The van der Waals surface area contributed by atoms with Crippen molar-refractivity contribution < 1.29 is 9.53 Å². The summed E-state index contributed by atoms with van der Waals surface area (Å²) in [6, 6.07) is 0. The van der Waals surface area contributed by atoms with Gasteiger partial charge in [0.25, 0.3) is 6.47 Å². The highest BCUT2D eigenvalue weighted by Gasteiger charge is 2.12. The molecule has 0 aromatic carbocycles. The first-order valence-electron chi connectivity index (χ1n) is 6.17. The smallest absolute Gasteiger partial charge is 0.293 e. The van der Waals surface area contributed by atoms with E-state index in [2.05, 4.69) is 16.6 Å². The van der Waals surface area contributed by atoms with Gasteiger partial charge in [0.05, 0.1) is 12.1 Å². The number of allylic oxidation sites excluding steroid dienone is 2. The third kappa shape index (κ3) is 29.4. The Kier molecular flexibility index (Phi) is 19.4. The van der Waals surface area contributed by atoms with Gasteiger partial charge in [0.1, 0.15) is 0 Å². The predicted octanol–water partition coefficient (Wildman–Crippen LogP) is 4.32. The monoisotopic (exact) mass is 271 g/mol. The Balaban J connectivity index is 0. The van der Waals surface area contributed by atoms with E-state index in [1.54, 1.807) is 30.0 Å². The van der Waals surface area contributed by atoms with Crippen molar-refractivity contribution in [1.29, 1.82) is 0 Å². The molecule has 0 aliphatic heterocycles. The van der Waals surface area contributed by atoms with Crippen LogP contribution >= 0.6 is 11.3 Å². The van der Waals surface area contributed by atoms with E-state index in [9.17, 15) is 4.79 Å². The molecule has 0 unspecified atom stereocenters. The van der Waals surface area contributed by atoms with Gasteiger partial charge in [0.15, 0.2) is 0 Å². The third-order valence-corrected chi connectivity index (χ3v) is 2.30. The van der Waals surface area contributed by atoms with Crippen molar-refractivity contribution in [3.8, 4) is 0 Å². The van der Waals surface area contributed by atoms with Crippen LogP contribution in [0.3, 0.4) is 0 Å². The first-order valence-corrected chi connectivity index (χ1v) is 7.11. The Hall–Kier alpha value is -1.16. The van der Waals surface area contributed by atoms with E-state index in [-0.39, 0.29) is 0 Å². The van der Waals surface area contributed by atoms with E-state index >= 15 is 0 Å². The van der Waals surface area contributed by atoms with Crippen molar-refractivity contribution in [1.82, 2.24) is 4.98 Å². The molecule has 1 aromatic heterocycles. The van der Waals surface area contributed by atoms with E-state index < -0.39 is 0 Å². The highest BCUT2D eigenvalue weighted by molar-refractivity contribution is 7.07. The van der Waals surface area contributed by atoms with Crippen molar-refractivity contribution in [3.05, 3.63) is 29.2 Å². The summed E-state index contributed by atoms with van der Waals surface area (Å²) in [6.45, 7) is 8.94. The molecule has 0 bridgehead atoms. The van der Waals surface area contributed by atoms with Crippen LogP contribution in [0, 0.1) is 5.92 Å². The molecule has 1 fully saturated rings. The van der Waals surface area contributed by atoms with E-state index in [1.165, 1.54) is 12.8 Å². The zero-order valence-corrected chi connectivity index (χ0v) is 12.7.